The lowest BCUT2D eigenvalue weighted by Crippen LogP contribution is -2.06. The summed E-state index contributed by atoms with van der Waals surface area (Å²) >= 11 is 0. The first-order valence-electron chi connectivity index (χ1n) is 6.41. The summed E-state index contributed by atoms with van der Waals surface area (Å²) in [7, 11) is 1.95. The van der Waals surface area contributed by atoms with Crippen molar-refractivity contribution < 1.29 is 0 Å². The molecule has 0 atom stereocenters. The van der Waals surface area contributed by atoms with E-state index in [1.54, 1.807) is 0 Å². The molecule has 0 saturated heterocycles. The zero-order chi connectivity index (χ0) is 13.1. The number of H-pyrrole nitrogens is 1. The normalized spacial score (nSPS) is 11.2. The Balaban J connectivity index is 2.48. The zero-order valence-electron chi connectivity index (χ0n) is 11.5. The van der Waals surface area contributed by atoms with E-state index in [4.69, 9.17) is 0 Å². The highest BCUT2D eigenvalue weighted by Crippen LogP contribution is 2.29. The van der Waals surface area contributed by atoms with Gasteiger partial charge in [0, 0.05) is 12.1 Å². The fraction of sp³-hybridized carbons (Fsp3) is 0.400. The molecule has 0 spiro atoms. The lowest BCUT2D eigenvalue weighted by Gasteiger charge is -2.11. The first kappa shape index (κ1) is 12.8. The molecule has 2 N–H and O–H groups in total. The Kier molecular flexibility index (Phi) is 3.82. The van der Waals surface area contributed by atoms with Crippen LogP contribution in [-0.2, 0) is 6.54 Å². The van der Waals surface area contributed by atoms with Crippen molar-refractivity contribution in [1.82, 2.24) is 15.5 Å². The third-order valence-electron chi connectivity index (χ3n) is 3.29. The predicted molar refractivity (Wildman–Crippen MR) is 75.6 cm³/mol. The van der Waals surface area contributed by atoms with Gasteiger partial charge in [0.25, 0.3) is 0 Å². The van der Waals surface area contributed by atoms with E-state index < -0.39 is 0 Å². The smallest absolute Gasteiger partial charge is 0.0569 e. The highest BCUT2D eigenvalue weighted by Gasteiger charge is 2.11. The molecule has 1 aromatic carbocycles. The van der Waals surface area contributed by atoms with Crippen molar-refractivity contribution in [1.29, 1.82) is 0 Å². The summed E-state index contributed by atoms with van der Waals surface area (Å²) in [6.07, 6.45) is 1.92. The Morgan fingerprint density at radius 3 is 2.72 bits per heavy atom. The molecule has 96 valence electrons. The first-order valence-corrected chi connectivity index (χ1v) is 6.41. The molecule has 1 heterocycles. The quantitative estimate of drug-likeness (QED) is 0.865. The van der Waals surface area contributed by atoms with Crippen molar-refractivity contribution in [3.05, 3.63) is 41.2 Å². The fourth-order valence-electron chi connectivity index (χ4n) is 2.15. The Morgan fingerprint density at radius 1 is 1.28 bits per heavy atom. The molecule has 0 unspecified atom stereocenters. The molecule has 0 aliphatic rings. The van der Waals surface area contributed by atoms with E-state index >= 15 is 0 Å². The molecule has 0 aliphatic heterocycles. The molecular formula is C15H21N3. The number of aromatic nitrogens is 2. The summed E-state index contributed by atoms with van der Waals surface area (Å²) in [5, 5.41) is 10.4. The van der Waals surface area contributed by atoms with Crippen LogP contribution >= 0.6 is 0 Å². The van der Waals surface area contributed by atoms with Gasteiger partial charge in [0.2, 0.25) is 0 Å². The van der Waals surface area contributed by atoms with E-state index in [1.165, 1.54) is 22.3 Å². The van der Waals surface area contributed by atoms with Crippen LogP contribution in [0.1, 0.15) is 36.6 Å². The number of nitrogens with one attached hydrogen (secondary N) is 2. The van der Waals surface area contributed by atoms with Crippen LogP contribution in [0.2, 0.25) is 0 Å². The summed E-state index contributed by atoms with van der Waals surface area (Å²) in [6, 6.07) is 6.69. The molecule has 0 bridgehead atoms. The SMILES string of the molecule is CNCc1[nH]ncc1-c1cc(C(C)C)ccc1C. The van der Waals surface area contributed by atoms with Gasteiger partial charge in [0.05, 0.1) is 11.9 Å². The number of aromatic amines is 1. The van der Waals surface area contributed by atoms with Gasteiger partial charge in [-0.05, 0) is 36.6 Å². The standard InChI is InChI=1S/C15H21N3/c1-10(2)12-6-5-11(3)13(7-12)14-8-17-18-15(14)9-16-4/h5-8,10,16H,9H2,1-4H3,(H,17,18). The topological polar surface area (TPSA) is 40.7 Å². The molecule has 1 aromatic heterocycles. The molecule has 3 nitrogen and oxygen atoms in total. The van der Waals surface area contributed by atoms with E-state index in [9.17, 15) is 0 Å². The lowest BCUT2D eigenvalue weighted by molar-refractivity contribution is 0.785. The van der Waals surface area contributed by atoms with Gasteiger partial charge >= 0.3 is 0 Å². The van der Waals surface area contributed by atoms with E-state index in [2.05, 4.69) is 54.5 Å². The Bertz CT molecular complexity index is 526. The highest BCUT2D eigenvalue weighted by molar-refractivity contribution is 5.69. The van der Waals surface area contributed by atoms with Crippen molar-refractivity contribution in [2.24, 2.45) is 0 Å². The summed E-state index contributed by atoms with van der Waals surface area (Å²) in [4.78, 5) is 0. The Labute approximate surface area is 109 Å². The molecule has 18 heavy (non-hydrogen) atoms. The van der Waals surface area contributed by atoms with Gasteiger partial charge in [-0.15, -0.1) is 0 Å². The molecule has 2 aromatic rings. The molecule has 0 aliphatic carbocycles. The van der Waals surface area contributed by atoms with Gasteiger partial charge in [-0.1, -0.05) is 32.0 Å². The highest BCUT2D eigenvalue weighted by atomic mass is 15.1. The third-order valence-corrected chi connectivity index (χ3v) is 3.29. The number of benzene rings is 1. The van der Waals surface area contributed by atoms with Crippen LogP contribution in [0.5, 0.6) is 0 Å². The van der Waals surface area contributed by atoms with E-state index in [1.807, 2.05) is 13.2 Å². The minimum absolute atomic E-state index is 0.545. The van der Waals surface area contributed by atoms with Crippen molar-refractivity contribution in [3.8, 4) is 11.1 Å². The largest absolute Gasteiger partial charge is 0.314 e. The minimum Gasteiger partial charge on any atom is -0.314 e. The lowest BCUT2D eigenvalue weighted by atomic mass is 9.94. The predicted octanol–water partition coefficient (Wildman–Crippen LogP) is 3.23. The zero-order valence-corrected chi connectivity index (χ0v) is 11.5. The molecule has 3 heteroatoms. The fourth-order valence-corrected chi connectivity index (χ4v) is 2.15. The van der Waals surface area contributed by atoms with Crippen LogP contribution in [0.4, 0.5) is 0 Å². The van der Waals surface area contributed by atoms with E-state index in [0.29, 0.717) is 5.92 Å². The van der Waals surface area contributed by atoms with Crippen molar-refractivity contribution in [2.45, 2.75) is 33.2 Å². The molecule has 0 saturated carbocycles. The van der Waals surface area contributed by atoms with E-state index in [-0.39, 0.29) is 0 Å². The maximum absolute atomic E-state index is 4.17. The van der Waals surface area contributed by atoms with Crippen molar-refractivity contribution >= 4 is 0 Å². The van der Waals surface area contributed by atoms with Gasteiger partial charge in [-0.25, -0.2) is 0 Å². The van der Waals surface area contributed by atoms with Crippen molar-refractivity contribution in [3.63, 3.8) is 0 Å². The van der Waals surface area contributed by atoms with Gasteiger partial charge in [0.1, 0.15) is 0 Å². The summed E-state index contributed by atoms with van der Waals surface area (Å²) in [5.41, 5.74) is 6.27. The molecule has 0 radical (unpaired) electrons. The first-order chi connectivity index (χ1) is 8.63. The van der Waals surface area contributed by atoms with Crippen LogP contribution in [0.15, 0.2) is 24.4 Å². The minimum atomic E-state index is 0.545. The van der Waals surface area contributed by atoms with Crippen LogP contribution in [0.3, 0.4) is 0 Å². The summed E-state index contributed by atoms with van der Waals surface area (Å²) in [5.74, 6) is 0.545. The van der Waals surface area contributed by atoms with Gasteiger partial charge < -0.3 is 5.32 Å². The van der Waals surface area contributed by atoms with Crippen LogP contribution in [0.25, 0.3) is 11.1 Å². The van der Waals surface area contributed by atoms with Crippen LogP contribution in [0, 0.1) is 6.92 Å². The van der Waals surface area contributed by atoms with Crippen LogP contribution < -0.4 is 5.32 Å². The maximum Gasteiger partial charge on any atom is 0.0569 e. The second kappa shape index (κ2) is 5.36. The van der Waals surface area contributed by atoms with Gasteiger partial charge in [0.15, 0.2) is 0 Å². The summed E-state index contributed by atoms with van der Waals surface area (Å²) < 4.78 is 0. The molecule has 2 rings (SSSR count). The monoisotopic (exact) mass is 243 g/mol. The van der Waals surface area contributed by atoms with E-state index in [0.717, 1.165) is 12.2 Å². The number of nitrogens with zero attached hydrogens (tertiary/aromatic N) is 1. The average molecular weight is 243 g/mol. The number of aryl methyl sites for hydroxylation is 1. The number of rotatable bonds is 4. The average Bonchev–Trinajstić information content (AvgIpc) is 2.78. The van der Waals surface area contributed by atoms with Gasteiger partial charge in [-0.3, -0.25) is 5.10 Å². The van der Waals surface area contributed by atoms with Crippen molar-refractivity contribution in [2.75, 3.05) is 7.05 Å². The van der Waals surface area contributed by atoms with Crippen LogP contribution in [-0.4, -0.2) is 17.2 Å². The summed E-state index contributed by atoms with van der Waals surface area (Å²) in [6.45, 7) is 7.40. The van der Waals surface area contributed by atoms with Gasteiger partial charge in [-0.2, -0.15) is 5.10 Å². The molecule has 0 amide bonds. The Hall–Kier alpha value is -1.61. The number of hydrogen-bond donors (Lipinski definition) is 2. The second-order valence-electron chi connectivity index (χ2n) is 5.02. The molecular weight excluding hydrogens is 222 g/mol. The third kappa shape index (κ3) is 2.46. The number of hydrogen-bond acceptors (Lipinski definition) is 2. The molecule has 0 fully saturated rings. The Morgan fingerprint density at radius 2 is 2.06 bits per heavy atom. The maximum atomic E-state index is 4.17. The second-order valence-corrected chi connectivity index (χ2v) is 5.02.